The minimum Gasteiger partial charge on any atom is -0.480 e. The highest BCUT2D eigenvalue weighted by Crippen LogP contribution is 2.34. The van der Waals surface area contributed by atoms with Gasteiger partial charge in [0.05, 0.1) is 30.7 Å². The molecule has 1 fully saturated rings. The number of carbonyl (C=O) groups is 1. The zero-order valence-electron chi connectivity index (χ0n) is 12.6. The molecule has 0 N–H and O–H groups in total. The van der Waals surface area contributed by atoms with E-state index in [1.807, 2.05) is 16.9 Å². The van der Waals surface area contributed by atoms with Crippen molar-refractivity contribution in [1.82, 2.24) is 14.8 Å². The highest BCUT2D eigenvalue weighted by molar-refractivity contribution is 9.10. The molecule has 0 aromatic carbocycles. The largest absolute Gasteiger partial charge is 0.480 e. The summed E-state index contributed by atoms with van der Waals surface area (Å²) in [6.07, 6.45) is 5.54. The van der Waals surface area contributed by atoms with E-state index in [0.717, 1.165) is 35.5 Å². The van der Waals surface area contributed by atoms with Crippen molar-refractivity contribution in [2.45, 2.75) is 31.7 Å². The molecular weight excluding hydrogens is 350 g/mol. The van der Waals surface area contributed by atoms with E-state index in [1.165, 1.54) is 7.11 Å². The maximum absolute atomic E-state index is 11.6. The number of ether oxygens (including phenoxy) is 2. The van der Waals surface area contributed by atoms with Gasteiger partial charge in [-0.05, 0) is 47.7 Å². The molecule has 1 aliphatic rings. The van der Waals surface area contributed by atoms with Crippen molar-refractivity contribution in [2.75, 3.05) is 14.2 Å². The van der Waals surface area contributed by atoms with Gasteiger partial charge in [0.2, 0.25) is 5.88 Å². The first-order valence-electron chi connectivity index (χ1n) is 7.29. The molecule has 0 radical (unpaired) electrons. The van der Waals surface area contributed by atoms with E-state index in [1.54, 1.807) is 7.11 Å². The van der Waals surface area contributed by atoms with Gasteiger partial charge < -0.3 is 9.47 Å². The van der Waals surface area contributed by atoms with E-state index in [9.17, 15) is 4.79 Å². The summed E-state index contributed by atoms with van der Waals surface area (Å²) in [4.78, 5) is 16.0. The van der Waals surface area contributed by atoms with Crippen molar-refractivity contribution in [3.05, 3.63) is 16.7 Å². The van der Waals surface area contributed by atoms with Crippen molar-refractivity contribution in [3.63, 3.8) is 0 Å². The predicted octanol–water partition coefficient (Wildman–Crippen LogP) is 3.11. The molecule has 6 nitrogen and oxygen atoms in total. The Morgan fingerprint density at radius 1 is 1.32 bits per heavy atom. The Bertz CT molecular complexity index is 693. The number of hydrogen-bond donors (Lipinski definition) is 0. The number of hydrogen-bond acceptors (Lipinski definition) is 5. The van der Waals surface area contributed by atoms with Gasteiger partial charge in [0.1, 0.15) is 0 Å². The Kier molecular flexibility index (Phi) is 4.33. The minimum atomic E-state index is -0.0978. The van der Waals surface area contributed by atoms with Gasteiger partial charge in [-0.2, -0.15) is 10.1 Å². The summed E-state index contributed by atoms with van der Waals surface area (Å²) in [6.45, 7) is 0. The first-order chi connectivity index (χ1) is 10.6. The van der Waals surface area contributed by atoms with Gasteiger partial charge in [-0.1, -0.05) is 0 Å². The molecule has 118 valence electrons. The number of aromatic nitrogens is 3. The lowest BCUT2D eigenvalue weighted by atomic mass is 9.86. The first-order valence-corrected chi connectivity index (χ1v) is 8.09. The Morgan fingerprint density at radius 3 is 2.68 bits per heavy atom. The average molecular weight is 368 g/mol. The van der Waals surface area contributed by atoms with Crippen molar-refractivity contribution in [3.8, 4) is 5.88 Å². The molecule has 0 bridgehead atoms. The minimum absolute atomic E-state index is 0.0265. The van der Waals surface area contributed by atoms with Crippen LogP contribution in [0.2, 0.25) is 0 Å². The molecule has 0 amide bonds. The van der Waals surface area contributed by atoms with Crippen LogP contribution >= 0.6 is 15.9 Å². The lowest BCUT2D eigenvalue weighted by Crippen LogP contribution is -2.24. The third kappa shape index (κ3) is 2.82. The molecular formula is C15H18BrN3O3. The normalized spacial score (nSPS) is 21.8. The van der Waals surface area contributed by atoms with Crippen LogP contribution in [0.5, 0.6) is 5.88 Å². The number of rotatable bonds is 3. The fraction of sp³-hybridized carbons (Fsp3) is 0.533. The molecule has 2 aromatic rings. The maximum atomic E-state index is 11.6. The summed E-state index contributed by atoms with van der Waals surface area (Å²) in [7, 11) is 3.04. The van der Waals surface area contributed by atoms with Gasteiger partial charge in [-0.15, -0.1) is 0 Å². The molecule has 22 heavy (non-hydrogen) atoms. The number of esters is 1. The number of nitrogens with zero attached hydrogens (tertiary/aromatic N) is 3. The SMILES string of the molecule is COc1nc2nn([C@H]3CC[C@H](C(=O)OC)CC3)cc2cc1Br. The Labute approximate surface area is 136 Å². The summed E-state index contributed by atoms with van der Waals surface area (Å²) in [5.74, 6) is 0.463. The summed E-state index contributed by atoms with van der Waals surface area (Å²) >= 11 is 3.44. The van der Waals surface area contributed by atoms with Crippen LogP contribution in [0, 0.1) is 5.92 Å². The zero-order chi connectivity index (χ0) is 15.7. The summed E-state index contributed by atoms with van der Waals surface area (Å²) < 4.78 is 12.8. The van der Waals surface area contributed by atoms with Crippen LogP contribution in [0.4, 0.5) is 0 Å². The quantitative estimate of drug-likeness (QED) is 0.779. The van der Waals surface area contributed by atoms with Crippen molar-refractivity contribution >= 4 is 32.9 Å². The van der Waals surface area contributed by atoms with E-state index in [2.05, 4.69) is 26.0 Å². The van der Waals surface area contributed by atoms with Gasteiger partial charge >= 0.3 is 5.97 Å². The molecule has 1 saturated carbocycles. The monoisotopic (exact) mass is 367 g/mol. The van der Waals surface area contributed by atoms with Crippen LogP contribution in [-0.2, 0) is 9.53 Å². The van der Waals surface area contributed by atoms with Gasteiger partial charge in [0.25, 0.3) is 0 Å². The molecule has 2 aromatic heterocycles. The van der Waals surface area contributed by atoms with E-state index in [4.69, 9.17) is 9.47 Å². The van der Waals surface area contributed by atoms with Crippen molar-refractivity contribution in [1.29, 1.82) is 0 Å². The summed E-state index contributed by atoms with van der Waals surface area (Å²) in [5, 5.41) is 5.54. The van der Waals surface area contributed by atoms with Crippen LogP contribution in [0.15, 0.2) is 16.7 Å². The molecule has 2 heterocycles. The van der Waals surface area contributed by atoms with Crippen LogP contribution in [0.25, 0.3) is 11.0 Å². The second-order valence-corrected chi connectivity index (χ2v) is 6.38. The fourth-order valence-electron chi connectivity index (χ4n) is 3.01. The van der Waals surface area contributed by atoms with Crippen LogP contribution < -0.4 is 4.74 Å². The van der Waals surface area contributed by atoms with Gasteiger partial charge in [-0.3, -0.25) is 9.48 Å². The first kappa shape index (κ1) is 15.3. The second kappa shape index (κ2) is 6.24. The lowest BCUT2D eigenvalue weighted by molar-refractivity contribution is -0.146. The third-order valence-corrected chi connectivity index (χ3v) is 4.80. The Hall–Kier alpha value is -1.63. The van der Waals surface area contributed by atoms with Crippen LogP contribution in [-0.4, -0.2) is 35.0 Å². The molecule has 0 atom stereocenters. The number of methoxy groups -OCH3 is 2. The highest BCUT2D eigenvalue weighted by Gasteiger charge is 2.28. The molecule has 1 aliphatic carbocycles. The van der Waals surface area contributed by atoms with Crippen LogP contribution in [0.1, 0.15) is 31.7 Å². The van der Waals surface area contributed by atoms with Crippen molar-refractivity contribution < 1.29 is 14.3 Å². The molecule has 7 heteroatoms. The topological polar surface area (TPSA) is 66.2 Å². The summed E-state index contributed by atoms with van der Waals surface area (Å²) in [5.41, 5.74) is 0.676. The smallest absolute Gasteiger partial charge is 0.308 e. The van der Waals surface area contributed by atoms with Crippen molar-refractivity contribution in [2.24, 2.45) is 5.92 Å². The average Bonchev–Trinajstić information content (AvgIpc) is 2.96. The van der Waals surface area contributed by atoms with E-state index in [-0.39, 0.29) is 11.9 Å². The highest BCUT2D eigenvalue weighted by atomic mass is 79.9. The van der Waals surface area contributed by atoms with Gasteiger partial charge in [0, 0.05) is 11.6 Å². The number of fused-ring (bicyclic) bond motifs is 1. The zero-order valence-corrected chi connectivity index (χ0v) is 14.2. The summed E-state index contributed by atoms with van der Waals surface area (Å²) in [6, 6.07) is 2.27. The van der Waals surface area contributed by atoms with Gasteiger partial charge in [0.15, 0.2) is 5.65 Å². The molecule has 0 aliphatic heterocycles. The Morgan fingerprint density at radius 2 is 2.05 bits per heavy atom. The standard InChI is InChI=1S/C15H18BrN3O3/c1-21-14-12(16)7-10-8-19(18-13(10)17-14)11-5-3-9(4-6-11)15(20)22-2/h7-9,11H,3-6H2,1-2H3/t9-,11-. The molecule has 0 spiro atoms. The van der Waals surface area contributed by atoms with Crippen LogP contribution in [0.3, 0.4) is 0 Å². The third-order valence-electron chi connectivity index (χ3n) is 4.23. The lowest BCUT2D eigenvalue weighted by Gasteiger charge is -2.26. The molecule has 0 unspecified atom stereocenters. The fourth-order valence-corrected chi connectivity index (χ4v) is 3.50. The number of pyridine rings is 1. The van der Waals surface area contributed by atoms with Gasteiger partial charge in [-0.25, -0.2) is 0 Å². The predicted molar refractivity (Wildman–Crippen MR) is 84.8 cm³/mol. The second-order valence-electron chi connectivity index (χ2n) is 5.53. The molecule has 3 rings (SSSR count). The number of halogens is 1. The van der Waals surface area contributed by atoms with E-state index in [0.29, 0.717) is 17.6 Å². The molecule has 0 saturated heterocycles. The van der Waals surface area contributed by atoms with E-state index >= 15 is 0 Å². The Balaban J connectivity index is 1.79. The number of carbonyl (C=O) groups excluding carboxylic acids is 1. The van der Waals surface area contributed by atoms with E-state index < -0.39 is 0 Å². The maximum Gasteiger partial charge on any atom is 0.308 e.